The molecule has 1 N–H and O–H groups in total. The molecule has 1 amide bonds. The van der Waals surface area contributed by atoms with Crippen molar-refractivity contribution in [2.45, 2.75) is 47.1 Å². The Balaban J connectivity index is 4.50. The quantitative estimate of drug-likeness (QED) is 0.577. The molecule has 21 heavy (non-hydrogen) atoms. The van der Waals surface area contributed by atoms with Crippen LogP contribution in [0, 0.1) is 5.41 Å². The average molecular weight is 298 g/mol. The smallest absolute Gasteiger partial charge is 0.333 e. The minimum Gasteiger partial charge on any atom is -0.463 e. The second-order valence-electron chi connectivity index (χ2n) is 6.24. The Morgan fingerprint density at radius 3 is 2.33 bits per heavy atom. The second-order valence-corrected chi connectivity index (χ2v) is 6.24. The van der Waals surface area contributed by atoms with E-state index in [-0.39, 0.29) is 23.3 Å². The number of rotatable bonds is 7. The van der Waals surface area contributed by atoms with Gasteiger partial charge in [0.1, 0.15) is 0 Å². The van der Waals surface area contributed by atoms with Crippen molar-refractivity contribution >= 4 is 11.9 Å². The number of amides is 1. The SMILES string of the molecule is CCOC(=O)/C(C)=C/CCN(C)C(=O)C(NC)C(C)(C)C. The predicted octanol–water partition coefficient (Wildman–Crippen LogP) is 1.98. The standard InChI is InChI=1S/C16H30N2O3/c1-8-21-15(20)12(2)10-9-11-18(7)14(19)13(17-6)16(3,4)5/h10,13,17H,8-9,11H2,1-7H3/b12-10+. The van der Waals surface area contributed by atoms with Crippen LogP contribution in [0.2, 0.25) is 0 Å². The number of carbonyl (C=O) groups excluding carboxylic acids is 2. The number of carbonyl (C=O) groups is 2. The van der Waals surface area contributed by atoms with Crippen molar-refractivity contribution in [3.8, 4) is 0 Å². The highest BCUT2D eigenvalue weighted by atomic mass is 16.5. The first-order valence-corrected chi connectivity index (χ1v) is 7.41. The topological polar surface area (TPSA) is 58.6 Å². The summed E-state index contributed by atoms with van der Waals surface area (Å²) >= 11 is 0. The van der Waals surface area contributed by atoms with Crippen molar-refractivity contribution in [1.29, 1.82) is 0 Å². The summed E-state index contributed by atoms with van der Waals surface area (Å²) in [7, 11) is 3.58. The van der Waals surface area contributed by atoms with Crippen molar-refractivity contribution < 1.29 is 14.3 Å². The zero-order valence-electron chi connectivity index (χ0n) is 14.4. The molecule has 0 rings (SSSR count). The lowest BCUT2D eigenvalue weighted by atomic mass is 9.86. The van der Waals surface area contributed by atoms with Gasteiger partial charge >= 0.3 is 5.97 Å². The maximum atomic E-state index is 12.4. The van der Waals surface area contributed by atoms with Gasteiger partial charge in [-0.15, -0.1) is 0 Å². The molecule has 0 aliphatic carbocycles. The predicted molar refractivity (Wildman–Crippen MR) is 84.9 cm³/mol. The maximum Gasteiger partial charge on any atom is 0.333 e. The zero-order chi connectivity index (χ0) is 16.6. The van der Waals surface area contributed by atoms with Gasteiger partial charge in [-0.25, -0.2) is 4.79 Å². The van der Waals surface area contributed by atoms with E-state index in [1.165, 1.54) is 0 Å². The Morgan fingerprint density at radius 1 is 1.33 bits per heavy atom. The number of likely N-dealkylation sites (N-methyl/N-ethyl adjacent to an activating group) is 2. The highest BCUT2D eigenvalue weighted by molar-refractivity contribution is 5.87. The molecule has 0 bridgehead atoms. The summed E-state index contributed by atoms with van der Waals surface area (Å²) < 4.78 is 4.91. The van der Waals surface area contributed by atoms with Crippen LogP contribution < -0.4 is 5.32 Å². The highest BCUT2D eigenvalue weighted by Gasteiger charge is 2.31. The van der Waals surface area contributed by atoms with E-state index in [1.807, 2.05) is 26.8 Å². The summed E-state index contributed by atoms with van der Waals surface area (Å²) in [5, 5.41) is 3.08. The van der Waals surface area contributed by atoms with Crippen LogP contribution in [0.1, 0.15) is 41.0 Å². The minimum absolute atomic E-state index is 0.0622. The Bertz CT molecular complexity index is 383. The number of ether oxygens (including phenoxy) is 1. The molecule has 0 saturated carbocycles. The van der Waals surface area contributed by atoms with Gasteiger partial charge in [-0.1, -0.05) is 26.8 Å². The van der Waals surface area contributed by atoms with E-state index in [9.17, 15) is 9.59 Å². The van der Waals surface area contributed by atoms with Gasteiger partial charge < -0.3 is 15.0 Å². The summed E-state index contributed by atoms with van der Waals surface area (Å²) in [6.45, 7) is 10.6. The lowest BCUT2D eigenvalue weighted by molar-refractivity contribution is -0.138. The first-order chi connectivity index (χ1) is 9.65. The largest absolute Gasteiger partial charge is 0.463 e. The van der Waals surface area contributed by atoms with Gasteiger partial charge in [0.25, 0.3) is 0 Å². The highest BCUT2D eigenvalue weighted by Crippen LogP contribution is 2.20. The van der Waals surface area contributed by atoms with Crippen LogP contribution in [-0.2, 0) is 14.3 Å². The molecular weight excluding hydrogens is 268 g/mol. The fourth-order valence-electron chi connectivity index (χ4n) is 2.06. The Labute approximate surface area is 128 Å². The second kappa shape index (κ2) is 8.82. The molecular formula is C16H30N2O3. The van der Waals surface area contributed by atoms with Crippen LogP contribution >= 0.6 is 0 Å². The van der Waals surface area contributed by atoms with E-state index in [4.69, 9.17) is 4.74 Å². The molecule has 5 heteroatoms. The first-order valence-electron chi connectivity index (χ1n) is 7.41. The van der Waals surface area contributed by atoms with Gasteiger partial charge in [0, 0.05) is 19.2 Å². The molecule has 0 aliphatic heterocycles. The summed E-state index contributed by atoms with van der Waals surface area (Å²) in [6.07, 6.45) is 2.45. The van der Waals surface area contributed by atoms with Gasteiger partial charge in [0.15, 0.2) is 0 Å². The molecule has 1 atom stereocenters. The van der Waals surface area contributed by atoms with Crippen LogP contribution in [0.25, 0.3) is 0 Å². The normalized spacial score (nSPS) is 13.8. The fraction of sp³-hybridized carbons (Fsp3) is 0.750. The number of nitrogens with zero attached hydrogens (tertiary/aromatic N) is 1. The van der Waals surface area contributed by atoms with Gasteiger partial charge in [-0.3, -0.25) is 4.79 Å². The van der Waals surface area contributed by atoms with Gasteiger partial charge in [0.05, 0.1) is 12.6 Å². The third kappa shape index (κ3) is 6.76. The molecule has 0 aromatic heterocycles. The molecule has 122 valence electrons. The van der Waals surface area contributed by atoms with Crippen LogP contribution in [0.15, 0.2) is 11.6 Å². The van der Waals surface area contributed by atoms with E-state index in [1.54, 1.807) is 32.8 Å². The van der Waals surface area contributed by atoms with Crippen molar-refractivity contribution in [2.75, 3.05) is 27.2 Å². The van der Waals surface area contributed by atoms with Gasteiger partial charge in [-0.05, 0) is 32.7 Å². The number of hydrogen-bond donors (Lipinski definition) is 1. The number of esters is 1. The average Bonchev–Trinajstić information content (AvgIpc) is 2.37. The summed E-state index contributed by atoms with van der Waals surface area (Å²) in [6, 6.07) is -0.224. The lowest BCUT2D eigenvalue weighted by Crippen LogP contribution is -2.50. The Hall–Kier alpha value is -1.36. The van der Waals surface area contributed by atoms with Crippen LogP contribution in [0.4, 0.5) is 0 Å². The minimum atomic E-state index is -0.297. The molecule has 0 fully saturated rings. The summed E-state index contributed by atoms with van der Waals surface area (Å²) in [5.41, 5.74) is 0.440. The molecule has 5 nitrogen and oxygen atoms in total. The molecule has 0 heterocycles. The molecule has 0 spiro atoms. The molecule has 0 radical (unpaired) electrons. The third-order valence-electron chi connectivity index (χ3n) is 3.29. The number of hydrogen-bond acceptors (Lipinski definition) is 4. The van der Waals surface area contributed by atoms with Crippen LogP contribution in [-0.4, -0.2) is 50.1 Å². The zero-order valence-corrected chi connectivity index (χ0v) is 14.4. The van der Waals surface area contributed by atoms with E-state index >= 15 is 0 Å². The van der Waals surface area contributed by atoms with Crippen LogP contribution in [0.3, 0.4) is 0 Å². The van der Waals surface area contributed by atoms with Crippen molar-refractivity contribution in [2.24, 2.45) is 5.41 Å². The van der Waals surface area contributed by atoms with E-state index < -0.39 is 0 Å². The van der Waals surface area contributed by atoms with E-state index in [2.05, 4.69) is 5.32 Å². The molecule has 0 saturated heterocycles. The molecule has 1 unspecified atom stereocenters. The first kappa shape index (κ1) is 19.6. The van der Waals surface area contributed by atoms with E-state index in [0.717, 1.165) is 0 Å². The Morgan fingerprint density at radius 2 is 1.90 bits per heavy atom. The van der Waals surface area contributed by atoms with Gasteiger partial charge in [0.2, 0.25) is 5.91 Å². The molecule has 0 aromatic rings. The van der Waals surface area contributed by atoms with Crippen LogP contribution in [0.5, 0.6) is 0 Å². The van der Waals surface area contributed by atoms with E-state index in [0.29, 0.717) is 25.1 Å². The monoisotopic (exact) mass is 298 g/mol. The molecule has 0 aromatic carbocycles. The molecule has 0 aliphatic rings. The Kier molecular flexibility index (Phi) is 8.25. The fourth-order valence-corrected chi connectivity index (χ4v) is 2.06. The lowest BCUT2D eigenvalue weighted by Gasteiger charge is -2.32. The third-order valence-corrected chi connectivity index (χ3v) is 3.29. The van der Waals surface area contributed by atoms with Crippen molar-refractivity contribution in [3.63, 3.8) is 0 Å². The van der Waals surface area contributed by atoms with Crippen molar-refractivity contribution in [1.82, 2.24) is 10.2 Å². The summed E-state index contributed by atoms with van der Waals surface area (Å²) in [4.78, 5) is 25.5. The summed E-state index contributed by atoms with van der Waals surface area (Å²) in [5.74, 6) is -0.235. The van der Waals surface area contributed by atoms with Crippen molar-refractivity contribution in [3.05, 3.63) is 11.6 Å². The maximum absolute atomic E-state index is 12.4. The van der Waals surface area contributed by atoms with Gasteiger partial charge in [-0.2, -0.15) is 0 Å². The number of nitrogens with one attached hydrogen (secondary N) is 1.